The van der Waals surface area contributed by atoms with Gasteiger partial charge in [-0.05, 0) is 44.6 Å². The smallest absolute Gasteiger partial charge is 0.121 e. The Labute approximate surface area is 97.9 Å². The van der Waals surface area contributed by atoms with Crippen LogP contribution < -0.4 is 0 Å². The molecule has 16 heavy (non-hydrogen) atoms. The first-order valence-corrected chi connectivity index (χ1v) is 6.20. The predicted octanol–water partition coefficient (Wildman–Crippen LogP) is 3.97. The van der Waals surface area contributed by atoms with Crippen molar-refractivity contribution in [3.63, 3.8) is 0 Å². The maximum atomic E-state index is 11.0. The summed E-state index contributed by atoms with van der Waals surface area (Å²) in [5.41, 5.74) is 4.35. The van der Waals surface area contributed by atoms with Gasteiger partial charge < -0.3 is 4.79 Å². The van der Waals surface area contributed by atoms with Crippen LogP contribution in [0.25, 0.3) is 0 Å². The minimum absolute atomic E-state index is 0.0179. The van der Waals surface area contributed by atoms with Gasteiger partial charge in [-0.15, -0.1) is 0 Å². The van der Waals surface area contributed by atoms with Crippen LogP contribution in [0.15, 0.2) is 35.5 Å². The van der Waals surface area contributed by atoms with Crippen LogP contribution in [0.2, 0.25) is 0 Å². The van der Waals surface area contributed by atoms with Crippen molar-refractivity contribution in [3.05, 3.63) is 35.5 Å². The standard InChI is InChI=1S/C15H20O/c1-3-13-7-4-8-14-12(2)6-5-9-15(13,14)10-11-16/h3,7,11H,1,4-6,8-10H2,2H3/t15-/m0/s1. The van der Waals surface area contributed by atoms with Crippen LogP contribution in [-0.2, 0) is 4.79 Å². The Morgan fingerprint density at radius 2 is 2.31 bits per heavy atom. The van der Waals surface area contributed by atoms with Crippen molar-refractivity contribution < 1.29 is 4.79 Å². The number of aldehydes is 1. The van der Waals surface area contributed by atoms with Gasteiger partial charge in [-0.2, -0.15) is 0 Å². The number of rotatable bonds is 3. The van der Waals surface area contributed by atoms with Gasteiger partial charge in [-0.3, -0.25) is 0 Å². The molecule has 1 nitrogen and oxygen atoms in total. The molecule has 0 aliphatic heterocycles. The molecule has 0 aromatic heterocycles. The lowest BCUT2D eigenvalue weighted by Crippen LogP contribution is -2.32. The molecule has 1 heteroatoms. The van der Waals surface area contributed by atoms with Gasteiger partial charge in [0.1, 0.15) is 6.29 Å². The van der Waals surface area contributed by atoms with E-state index in [1.807, 2.05) is 6.08 Å². The van der Waals surface area contributed by atoms with Crippen molar-refractivity contribution in [2.75, 3.05) is 0 Å². The number of allylic oxidation sites excluding steroid dienone is 5. The number of hydrogen-bond acceptors (Lipinski definition) is 1. The highest BCUT2D eigenvalue weighted by Gasteiger charge is 2.40. The zero-order valence-corrected chi connectivity index (χ0v) is 10.1. The van der Waals surface area contributed by atoms with Gasteiger partial charge in [0.2, 0.25) is 0 Å². The quantitative estimate of drug-likeness (QED) is 0.515. The zero-order valence-electron chi connectivity index (χ0n) is 10.1. The molecule has 0 fully saturated rings. The summed E-state index contributed by atoms with van der Waals surface area (Å²) in [4.78, 5) is 11.0. The maximum Gasteiger partial charge on any atom is 0.121 e. The molecule has 0 spiro atoms. The lowest BCUT2D eigenvalue weighted by Gasteiger charge is -2.43. The van der Waals surface area contributed by atoms with Crippen molar-refractivity contribution >= 4 is 6.29 Å². The van der Waals surface area contributed by atoms with Crippen molar-refractivity contribution in [1.29, 1.82) is 0 Å². The van der Waals surface area contributed by atoms with Crippen LogP contribution >= 0.6 is 0 Å². The molecule has 0 heterocycles. The summed E-state index contributed by atoms with van der Waals surface area (Å²) in [5, 5.41) is 0. The summed E-state index contributed by atoms with van der Waals surface area (Å²) in [7, 11) is 0. The van der Waals surface area contributed by atoms with E-state index < -0.39 is 0 Å². The predicted molar refractivity (Wildman–Crippen MR) is 67.2 cm³/mol. The van der Waals surface area contributed by atoms with E-state index in [0.29, 0.717) is 6.42 Å². The molecule has 0 radical (unpaired) electrons. The molecule has 0 saturated heterocycles. The topological polar surface area (TPSA) is 17.1 Å². The highest BCUT2D eigenvalue weighted by atomic mass is 16.1. The molecule has 0 aromatic rings. The Kier molecular flexibility index (Phi) is 3.13. The molecule has 0 unspecified atom stereocenters. The Balaban J connectivity index is 2.53. The van der Waals surface area contributed by atoms with E-state index in [4.69, 9.17) is 0 Å². The summed E-state index contributed by atoms with van der Waals surface area (Å²) in [6.45, 7) is 6.16. The Bertz CT molecular complexity index is 373. The third kappa shape index (κ3) is 1.59. The van der Waals surface area contributed by atoms with Crippen LogP contribution in [-0.4, -0.2) is 6.29 Å². The SMILES string of the molecule is C=CC1=CCCC2=C(C)CCC[C@]12CC=O. The first-order chi connectivity index (χ1) is 7.74. The molecule has 0 amide bonds. The number of carbonyl (C=O) groups excluding carboxylic acids is 1. The summed E-state index contributed by atoms with van der Waals surface area (Å²) in [6.07, 6.45) is 11.7. The molecule has 0 N–H and O–H groups in total. The van der Waals surface area contributed by atoms with Gasteiger partial charge in [0.15, 0.2) is 0 Å². The summed E-state index contributed by atoms with van der Waals surface area (Å²) < 4.78 is 0. The average molecular weight is 216 g/mol. The first-order valence-electron chi connectivity index (χ1n) is 6.20. The second-order valence-corrected chi connectivity index (χ2v) is 4.97. The van der Waals surface area contributed by atoms with Gasteiger partial charge in [-0.1, -0.05) is 29.9 Å². The largest absolute Gasteiger partial charge is 0.303 e. The van der Waals surface area contributed by atoms with E-state index in [9.17, 15) is 4.79 Å². The molecular weight excluding hydrogens is 196 g/mol. The fraction of sp³-hybridized carbons (Fsp3) is 0.533. The molecule has 2 aliphatic carbocycles. The molecule has 1 atom stereocenters. The fourth-order valence-corrected chi connectivity index (χ4v) is 3.47. The fourth-order valence-electron chi connectivity index (χ4n) is 3.47. The molecule has 86 valence electrons. The Hall–Kier alpha value is -1.11. The van der Waals surface area contributed by atoms with Crippen molar-refractivity contribution in [1.82, 2.24) is 0 Å². The number of carbonyl (C=O) groups is 1. The molecule has 0 bridgehead atoms. The van der Waals surface area contributed by atoms with Gasteiger partial charge in [-0.25, -0.2) is 0 Å². The van der Waals surface area contributed by atoms with E-state index in [1.54, 1.807) is 0 Å². The average Bonchev–Trinajstić information content (AvgIpc) is 2.29. The molecular formula is C15H20O. The zero-order chi connectivity index (χ0) is 11.6. The van der Waals surface area contributed by atoms with Crippen molar-refractivity contribution in [3.8, 4) is 0 Å². The van der Waals surface area contributed by atoms with E-state index in [0.717, 1.165) is 25.5 Å². The normalized spacial score (nSPS) is 29.4. The molecule has 2 aliphatic rings. The Morgan fingerprint density at radius 1 is 1.50 bits per heavy atom. The molecule has 2 rings (SSSR count). The summed E-state index contributed by atoms with van der Waals surface area (Å²) in [6, 6.07) is 0. The van der Waals surface area contributed by atoms with Crippen molar-refractivity contribution in [2.45, 2.75) is 45.4 Å². The number of hydrogen-bond donors (Lipinski definition) is 0. The third-order valence-electron chi connectivity index (χ3n) is 4.21. The second kappa shape index (κ2) is 4.40. The van der Waals surface area contributed by atoms with Crippen LogP contribution in [0.5, 0.6) is 0 Å². The van der Waals surface area contributed by atoms with E-state index >= 15 is 0 Å². The first kappa shape index (κ1) is 11.4. The van der Waals surface area contributed by atoms with Gasteiger partial charge in [0.05, 0.1) is 0 Å². The number of fused-ring (bicyclic) bond motifs is 1. The van der Waals surface area contributed by atoms with E-state index in [-0.39, 0.29) is 5.41 Å². The monoisotopic (exact) mass is 216 g/mol. The minimum atomic E-state index is 0.0179. The van der Waals surface area contributed by atoms with Crippen LogP contribution in [0.1, 0.15) is 45.4 Å². The van der Waals surface area contributed by atoms with E-state index in [1.165, 1.54) is 29.6 Å². The van der Waals surface area contributed by atoms with Crippen LogP contribution in [0, 0.1) is 5.41 Å². The van der Waals surface area contributed by atoms with Crippen LogP contribution in [0.3, 0.4) is 0 Å². The third-order valence-corrected chi connectivity index (χ3v) is 4.21. The molecule has 0 aromatic carbocycles. The molecule has 0 saturated carbocycles. The lowest BCUT2D eigenvalue weighted by atomic mass is 9.60. The van der Waals surface area contributed by atoms with Crippen molar-refractivity contribution in [2.24, 2.45) is 5.41 Å². The van der Waals surface area contributed by atoms with Gasteiger partial charge in [0, 0.05) is 11.8 Å². The Morgan fingerprint density at radius 3 is 3.00 bits per heavy atom. The summed E-state index contributed by atoms with van der Waals surface area (Å²) in [5.74, 6) is 0. The lowest BCUT2D eigenvalue weighted by molar-refractivity contribution is -0.109. The highest BCUT2D eigenvalue weighted by Crippen LogP contribution is 2.52. The van der Waals surface area contributed by atoms with Gasteiger partial charge >= 0.3 is 0 Å². The van der Waals surface area contributed by atoms with Crippen LogP contribution in [0.4, 0.5) is 0 Å². The summed E-state index contributed by atoms with van der Waals surface area (Å²) >= 11 is 0. The second-order valence-electron chi connectivity index (χ2n) is 4.97. The van der Waals surface area contributed by atoms with Gasteiger partial charge in [0.25, 0.3) is 0 Å². The van der Waals surface area contributed by atoms with E-state index in [2.05, 4.69) is 19.6 Å². The highest BCUT2D eigenvalue weighted by molar-refractivity contribution is 5.57. The minimum Gasteiger partial charge on any atom is -0.303 e. The maximum absolute atomic E-state index is 11.0.